The van der Waals surface area contributed by atoms with Gasteiger partial charge < -0.3 is 9.64 Å². The number of pyridine rings is 1. The minimum atomic E-state index is -0.107. The molecule has 1 unspecified atom stereocenters. The van der Waals surface area contributed by atoms with E-state index in [0.29, 0.717) is 23.9 Å². The van der Waals surface area contributed by atoms with Gasteiger partial charge in [-0.05, 0) is 25.5 Å². The summed E-state index contributed by atoms with van der Waals surface area (Å²) in [4.78, 5) is 18.2. The van der Waals surface area contributed by atoms with Gasteiger partial charge in [-0.2, -0.15) is 0 Å². The van der Waals surface area contributed by atoms with Crippen LogP contribution in [-0.4, -0.2) is 42.1 Å². The van der Waals surface area contributed by atoms with Crippen molar-refractivity contribution in [3.05, 3.63) is 29.0 Å². The smallest absolute Gasteiger partial charge is 0.272 e. The highest BCUT2D eigenvalue weighted by molar-refractivity contribution is 6.30. The van der Waals surface area contributed by atoms with Crippen molar-refractivity contribution in [2.24, 2.45) is 0 Å². The number of aromatic nitrogens is 1. The SMILES string of the molecule is CCC(C)N(CCOC)C(=O)c1cc(Cl)ccn1. The number of carbonyl (C=O) groups is 1. The summed E-state index contributed by atoms with van der Waals surface area (Å²) in [5.74, 6) is -0.107. The molecular weight excluding hydrogens is 252 g/mol. The molecule has 0 aliphatic heterocycles. The van der Waals surface area contributed by atoms with Crippen molar-refractivity contribution in [2.45, 2.75) is 26.3 Å². The zero-order chi connectivity index (χ0) is 13.5. The first-order valence-corrected chi connectivity index (χ1v) is 6.39. The topological polar surface area (TPSA) is 42.4 Å². The summed E-state index contributed by atoms with van der Waals surface area (Å²) in [6.45, 7) is 5.12. The summed E-state index contributed by atoms with van der Waals surface area (Å²) in [5, 5.41) is 0.518. The Bertz CT molecular complexity index is 398. The van der Waals surface area contributed by atoms with Gasteiger partial charge in [0.2, 0.25) is 0 Å². The summed E-state index contributed by atoms with van der Waals surface area (Å²) in [5.41, 5.74) is 0.374. The molecule has 18 heavy (non-hydrogen) atoms. The van der Waals surface area contributed by atoms with Gasteiger partial charge in [-0.15, -0.1) is 0 Å². The van der Waals surface area contributed by atoms with Crippen LogP contribution in [0.25, 0.3) is 0 Å². The van der Waals surface area contributed by atoms with Gasteiger partial charge in [0, 0.05) is 30.9 Å². The van der Waals surface area contributed by atoms with E-state index >= 15 is 0 Å². The Morgan fingerprint density at radius 1 is 1.61 bits per heavy atom. The van der Waals surface area contributed by atoms with Crippen molar-refractivity contribution in [3.63, 3.8) is 0 Å². The molecule has 1 aromatic heterocycles. The van der Waals surface area contributed by atoms with Crippen molar-refractivity contribution in [1.82, 2.24) is 9.88 Å². The van der Waals surface area contributed by atoms with Crippen LogP contribution in [0.3, 0.4) is 0 Å². The average Bonchev–Trinajstić information content (AvgIpc) is 2.38. The molecule has 0 radical (unpaired) electrons. The average molecular weight is 271 g/mol. The van der Waals surface area contributed by atoms with Gasteiger partial charge in [-0.3, -0.25) is 9.78 Å². The second-order valence-electron chi connectivity index (χ2n) is 4.11. The van der Waals surface area contributed by atoms with E-state index in [4.69, 9.17) is 16.3 Å². The van der Waals surface area contributed by atoms with Crippen molar-refractivity contribution in [3.8, 4) is 0 Å². The Labute approximate surface area is 113 Å². The predicted octanol–water partition coefficient (Wildman–Crippen LogP) is 2.62. The van der Waals surface area contributed by atoms with E-state index in [9.17, 15) is 4.79 Å². The van der Waals surface area contributed by atoms with Crippen molar-refractivity contribution in [1.29, 1.82) is 0 Å². The Hall–Kier alpha value is -1.13. The maximum Gasteiger partial charge on any atom is 0.272 e. The summed E-state index contributed by atoms with van der Waals surface area (Å²) in [6, 6.07) is 3.39. The molecule has 0 saturated carbocycles. The molecule has 0 aliphatic carbocycles. The minimum absolute atomic E-state index is 0.107. The summed E-state index contributed by atoms with van der Waals surface area (Å²) in [6.07, 6.45) is 2.43. The number of methoxy groups -OCH3 is 1. The normalized spacial score (nSPS) is 12.2. The molecule has 100 valence electrons. The number of halogens is 1. The van der Waals surface area contributed by atoms with Crippen LogP contribution in [0.15, 0.2) is 18.3 Å². The minimum Gasteiger partial charge on any atom is -0.383 e. The molecule has 0 aromatic carbocycles. The molecule has 0 aliphatic rings. The fraction of sp³-hybridized carbons (Fsp3) is 0.538. The number of hydrogen-bond acceptors (Lipinski definition) is 3. The predicted molar refractivity (Wildman–Crippen MR) is 71.9 cm³/mol. The fourth-order valence-corrected chi connectivity index (χ4v) is 1.76. The van der Waals surface area contributed by atoms with Gasteiger partial charge in [-0.1, -0.05) is 18.5 Å². The number of amides is 1. The molecule has 0 bridgehead atoms. The van der Waals surface area contributed by atoms with Crippen LogP contribution in [0.5, 0.6) is 0 Å². The molecule has 0 saturated heterocycles. The molecule has 1 heterocycles. The lowest BCUT2D eigenvalue weighted by molar-refractivity contribution is 0.0608. The van der Waals surface area contributed by atoms with Gasteiger partial charge in [0.1, 0.15) is 5.69 Å². The second kappa shape index (κ2) is 7.34. The van der Waals surface area contributed by atoms with Crippen LogP contribution in [0.2, 0.25) is 5.02 Å². The third kappa shape index (κ3) is 3.96. The highest BCUT2D eigenvalue weighted by Gasteiger charge is 2.21. The standard InChI is InChI=1S/C13H19ClN2O2/c1-4-10(2)16(7-8-18-3)13(17)12-9-11(14)5-6-15-12/h5-6,9-10H,4,7-8H2,1-3H3. The Morgan fingerprint density at radius 3 is 2.89 bits per heavy atom. The molecule has 0 spiro atoms. The molecule has 0 fully saturated rings. The van der Waals surface area contributed by atoms with E-state index in [1.807, 2.05) is 13.8 Å². The van der Waals surface area contributed by atoms with Crippen LogP contribution in [0.4, 0.5) is 0 Å². The van der Waals surface area contributed by atoms with E-state index in [-0.39, 0.29) is 11.9 Å². The van der Waals surface area contributed by atoms with Crippen LogP contribution in [-0.2, 0) is 4.74 Å². The Kier molecular flexibility index (Phi) is 6.09. The highest BCUT2D eigenvalue weighted by atomic mass is 35.5. The van der Waals surface area contributed by atoms with Crippen molar-refractivity contribution >= 4 is 17.5 Å². The molecule has 0 N–H and O–H groups in total. The summed E-state index contributed by atoms with van der Waals surface area (Å²) < 4.78 is 5.04. The van der Waals surface area contributed by atoms with E-state index in [2.05, 4.69) is 4.98 Å². The number of carbonyl (C=O) groups excluding carboxylic acids is 1. The zero-order valence-corrected chi connectivity index (χ0v) is 11.8. The fourth-order valence-electron chi connectivity index (χ4n) is 1.60. The lowest BCUT2D eigenvalue weighted by atomic mass is 10.2. The first kappa shape index (κ1) is 14.9. The van der Waals surface area contributed by atoms with E-state index in [1.165, 1.54) is 0 Å². The van der Waals surface area contributed by atoms with E-state index in [1.54, 1.807) is 30.3 Å². The van der Waals surface area contributed by atoms with Crippen molar-refractivity contribution in [2.75, 3.05) is 20.3 Å². The van der Waals surface area contributed by atoms with E-state index in [0.717, 1.165) is 6.42 Å². The molecule has 1 amide bonds. The van der Waals surface area contributed by atoms with E-state index < -0.39 is 0 Å². The van der Waals surface area contributed by atoms with Gasteiger partial charge in [0.25, 0.3) is 5.91 Å². The number of hydrogen-bond donors (Lipinski definition) is 0. The van der Waals surface area contributed by atoms with Crippen LogP contribution in [0, 0.1) is 0 Å². The maximum atomic E-state index is 12.4. The van der Waals surface area contributed by atoms with Gasteiger partial charge in [0.15, 0.2) is 0 Å². The lowest BCUT2D eigenvalue weighted by Gasteiger charge is -2.28. The quantitative estimate of drug-likeness (QED) is 0.798. The first-order chi connectivity index (χ1) is 8.60. The molecule has 1 atom stereocenters. The van der Waals surface area contributed by atoms with Crippen LogP contribution >= 0.6 is 11.6 Å². The highest BCUT2D eigenvalue weighted by Crippen LogP contribution is 2.13. The lowest BCUT2D eigenvalue weighted by Crippen LogP contribution is -2.40. The third-order valence-corrected chi connectivity index (χ3v) is 3.10. The first-order valence-electron chi connectivity index (χ1n) is 6.01. The largest absolute Gasteiger partial charge is 0.383 e. The van der Waals surface area contributed by atoms with Crippen molar-refractivity contribution < 1.29 is 9.53 Å². The van der Waals surface area contributed by atoms with Crippen LogP contribution < -0.4 is 0 Å². The van der Waals surface area contributed by atoms with Gasteiger partial charge in [0.05, 0.1) is 6.61 Å². The molecule has 5 heteroatoms. The Balaban J connectivity index is 2.87. The Morgan fingerprint density at radius 2 is 2.33 bits per heavy atom. The summed E-state index contributed by atoms with van der Waals surface area (Å²) >= 11 is 5.88. The second-order valence-corrected chi connectivity index (χ2v) is 4.54. The maximum absolute atomic E-state index is 12.4. The number of nitrogens with zero attached hydrogens (tertiary/aromatic N) is 2. The van der Waals surface area contributed by atoms with Gasteiger partial charge in [-0.25, -0.2) is 0 Å². The number of rotatable bonds is 6. The molecule has 1 rings (SSSR count). The van der Waals surface area contributed by atoms with Crippen LogP contribution in [0.1, 0.15) is 30.8 Å². The molecule has 1 aromatic rings. The molecular formula is C13H19ClN2O2. The third-order valence-electron chi connectivity index (χ3n) is 2.86. The monoisotopic (exact) mass is 270 g/mol. The molecule has 4 nitrogen and oxygen atoms in total. The number of ether oxygens (including phenoxy) is 1. The zero-order valence-electron chi connectivity index (χ0n) is 11.0. The summed E-state index contributed by atoms with van der Waals surface area (Å²) in [7, 11) is 1.62. The van der Waals surface area contributed by atoms with Gasteiger partial charge >= 0.3 is 0 Å².